The molecule has 1 unspecified atom stereocenters. The van der Waals surface area contributed by atoms with E-state index < -0.39 is 16.9 Å². The van der Waals surface area contributed by atoms with Crippen molar-refractivity contribution >= 4 is 10.8 Å². The Morgan fingerprint density at radius 3 is 2.35 bits per heavy atom. The minimum Gasteiger partial charge on any atom is -0.392 e. The Morgan fingerprint density at radius 2 is 1.88 bits per heavy atom. The van der Waals surface area contributed by atoms with Gasteiger partial charge < -0.3 is 5.11 Å². The molecular formula is C14H20O2S. The highest BCUT2D eigenvalue weighted by Crippen LogP contribution is 2.20. The lowest BCUT2D eigenvalue weighted by molar-refractivity contribution is 0.127. The van der Waals surface area contributed by atoms with Crippen LogP contribution in [-0.2, 0) is 10.8 Å². The van der Waals surface area contributed by atoms with Crippen molar-refractivity contribution < 1.29 is 9.32 Å². The van der Waals surface area contributed by atoms with Crippen molar-refractivity contribution in [2.75, 3.05) is 0 Å². The molecule has 2 atom stereocenters. The van der Waals surface area contributed by atoms with Crippen LogP contribution in [0.3, 0.4) is 0 Å². The summed E-state index contributed by atoms with van der Waals surface area (Å²) in [7, 11) is -1.23. The molecule has 0 saturated heterocycles. The van der Waals surface area contributed by atoms with Crippen molar-refractivity contribution in [3.63, 3.8) is 0 Å². The Labute approximate surface area is 106 Å². The van der Waals surface area contributed by atoms with E-state index in [1.54, 1.807) is 0 Å². The second kappa shape index (κ2) is 6.12. The van der Waals surface area contributed by atoms with Gasteiger partial charge in [0, 0.05) is 16.2 Å². The Morgan fingerprint density at radius 1 is 1.35 bits per heavy atom. The second-order valence-corrected chi connectivity index (χ2v) is 6.22. The minimum absolute atomic E-state index is 0.154. The van der Waals surface area contributed by atoms with Crippen LogP contribution in [0.5, 0.6) is 0 Å². The van der Waals surface area contributed by atoms with Gasteiger partial charge in [0.2, 0.25) is 0 Å². The predicted molar refractivity (Wildman–Crippen MR) is 72.2 cm³/mol. The van der Waals surface area contributed by atoms with Gasteiger partial charge in [0.15, 0.2) is 0 Å². The molecule has 0 bridgehead atoms. The van der Waals surface area contributed by atoms with E-state index in [1.807, 2.05) is 45.0 Å². The average Bonchev–Trinajstić information content (AvgIpc) is 2.28. The molecule has 1 aromatic rings. The smallest absolute Gasteiger partial charge is 0.0803 e. The van der Waals surface area contributed by atoms with Gasteiger partial charge in [-0.3, -0.25) is 0 Å². The second-order valence-electron chi connectivity index (χ2n) is 4.64. The molecule has 3 heteroatoms. The minimum atomic E-state index is -1.23. The molecule has 0 spiro atoms. The van der Waals surface area contributed by atoms with Gasteiger partial charge in [-0.1, -0.05) is 38.1 Å². The summed E-state index contributed by atoms with van der Waals surface area (Å²) in [6, 6.07) is 7.55. The zero-order valence-corrected chi connectivity index (χ0v) is 11.5. The van der Waals surface area contributed by atoms with Crippen LogP contribution in [-0.4, -0.2) is 15.4 Å². The first-order valence-corrected chi connectivity index (χ1v) is 6.91. The maximum atomic E-state index is 12.1. The van der Waals surface area contributed by atoms with E-state index in [0.717, 1.165) is 10.5 Å². The Kier molecular flexibility index (Phi) is 5.09. The fourth-order valence-corrected chi connectivity index (χ4v) is 2.41. The van der Waals surface area contributed by atoms with Crippen LogP contribution >= 0.6 is 0 Å². The van der Waals surface area contributed by atoms with Crippen LogP contribution in [0.15, 0.2) is 40.6 Å². The summed E-state index contributed by atoms with van der Waals surface area (Å²) in [5, 5.41) is 9.74. The van der Waals surface area contributed by atoms with E-state index in [-0.39, 0.29) is 5.92 Å². The normalized spacial score (nSPS) is 14.6. The molecule has 0 heterocycles. The molecule has 0 amide bonds. The Balaban J connectivity index is 2.70. The quantitative estimate of drug-likeness (QED) is 0.874. The lowest BCUT2D eigenvalue weighted by atomic mass is 10.0. The third-order valence-electron chi connectivity index (χ3n) is 2.70. The van der Waals surface area contributed by atoms with Crippen LogP contribution in [0.2, 0.25) is 0 Å². The number of hydrogen-bond acceptors (Lipinski definition) is 2. The molecule has 0 radical (unpaired) electrons. The molecule has 0 aliphatic rings. The molecular weight excluding hydrogens is 232 g/mol. The van der Waals surface area contributed by atoms with Gasteiger partial charge in [0.25, 0.3) is 0 Å². The first-order chi connectivity index (χ1) is 7.91. The van der Waals surface area contributed by atoms with Crippen LogP contribution in [0.25, 0.3) is 0 Å². The zero-order valence-electron chi connectivity index (χ0n) is 10.6. The maximum absolute atomic E-state index is 12.1. The standard InChI is InChI=1S/C14H20O2S/c1-10(2)14(15)9-12(4)17(16)13-7-5-11(3)6-8-13/h5-8,10,14-15H,4,9H2,1-3H3/t14-,17?/m1/s1. The molecule has 1 rings (SSSR count). The third-order valence-corrected chi connectivity index (χ3v) is 4.09. The molecule has 2 nitrogen and oxygen atoms in total. The van der Waals surface area contributed by atoms with Gasteiger partial charge in [0.1, 0.15) is 0 Å². The molecule has 94 valence electrons. The SMILES string of the molecule is C=C(C[C@@H](O)C(C)C)S(=O)c1ccc(C)cc1. The van der Waals surface area contributed by atoms with Gasteiger partial charge in [-0.15, -0.1) is 0 Å². The number of aryl methyl sites for hydroxylation is 1. The first-order valence-electron chi connectivity index (χ1n) is 5.76. The summed E-state index contributed by atoms with van der Waals surface area (Å²) in [5.74, 6) is 0.154. The summed E-state index contributed by atoms with van der Waals surface area (Å²) in [5.41, 5.74) is 1.14. The van der Waals surface area contributed by atoms with Gasteiger partial charge in [-0.05, 0) is 25.0 Å². The lowest BCUT2D eigenvalue weighted by Gasteiger charge is -2.15. The summed E-state index contributed by atoms with van der Waals surface area (Å²) < 4.78 is 12.1. The first kappa shape index (κ1) is 14.1. The Hall–Kier alpha value is -0.930. The van der Waals surface area contributed by atoms with Crippen LogP contribution in [0, 0.1) is 12.8 Å². The summed E-state index contributed by atoms with van der Waals surface area (Å²) >= 11 is 0. The van der Waals surface area contributed by atoms with Crippen LogP contribution in [0.4, 0.5) is 0 Å². The molecule has 0 fully saturated rings. The van der Waals surface area contributed by atoms with Gasteiger partial charge >= 0.3 is 0 Å². The fraction of sp³-hybridized carbons (Fsp3) is 0.429. The van der Waals surface area contributed by atoms with Gasteiger partial charge in [-0.2, -0.15) is 0 Å². The van der Waals surface area contributed by atoms with Gasteiger partial charge in [0.05, 0.1) is 16.9 Å². The highest BCUT2D eigenvalue weighted by molar-refractivity contribution is 7.89. The molecule has 1 N–H and O–H groups in total. The zero-order chi connectivity index (χ0) is 13.0. The number of aliphatic hydroxyl groups is 1. The summed E-state index contributed by atoms with van der Waals surface area (Å²) in [4.78, 5) is 1.33. The molecule has 17 heavy (non-hydrogen) atoms. The van der Waals surface area contributed by atoms with E-state index >= 15 is 0 Å². The number of benzene rings is 1. The van der Waals surface area contributed by atoms with E-state index in [9.17, 15) is 9.32 Å². The molecule has 1 aromatic carbocycles. The Bertz CT molecular complexity index is 407. The van der Waals surface area contributed by atoms with E-state index in [4.69, 9.17) is 0 Å². The molecule has 0 aliphatic carbocycles. The largest absolute Gasteiger partial charge is 0.392 e. The summed E-state index contributed by atoms with van der Waals surface area (Å²) in [6.45, 7) is 9.68. The van der Waals surface area contributed by atoms with E-state index in [0.29, 0.717) is 11.3 Å². The highest BCUT2D eigenvalue weighted by Gasteiger charge is 2.15. The van der Waals surface area contributed by atoms with E-state index in [1.165, 1.54) is 0 Å². The highest BCUT2D eigenvalue weighted by atomic mass is 32.2. The van der Waals surface area contributed by atoms with Crippen molar-refractivity contribution in [3.05, 3.63) is 41.3 Å². The fourth-order valence-electron chi connectivity index (χ4n) is 1.37. The third kappa shape index (κ3) is 4.10. The maximum Gasteiger partial charge on any atom is 0.0803 e. The van der Waals surface area contributed by atoms with Crippen molar-refractivity contribution in [3.8, 4) is 0 Å². The van der Waals surface area contributed by atoms with Crippen molar-refractivity contribution in [1.29, 1.82) is 0 Å². The number of aliphatic hydroxyl groups excluding tert-OH is 1. The molecule has 0 aromatic heterocycles. The van der Waals surface area contributed by atoms with E-state index in [2.05, 4.69) is 6.58 Å². The summed E-state index contributed by atoms with van der Waals surface area (Å²) in [6.07, 6.45) is -0.0880. The van der Waals surface area contributed by atoms with Crippen molar-refractivity contribution in [2.24, 2.45) is 5.92 Å². The van der Waals surface area contributed by atoms with Gasteiger partial charge in [-0.25, -0.2) is 4.21 Å². The lowest BCUT2D eigenvalue weighted by Crippen LogP contribution is -2.16. The van der Waals surface area contributed by atoms with Crippen molar-refractivity contribution in [2.45, 2.75) is 38.2 Å². The monoisotopic (exact) mass is 252 g/mol. The molecule has 0 saturated carbocycles. The average molecular weight is 252 g/mol. The number of hydrogen-bond donors (Lipinski definition) is 1. The molecule has 0 aliphatic heterocycles. The van der Waals surface area contributed by atoms with Crippen molar-refractivity contribution in [1.82, 2.24) is 0 Å². The topological polar surface area (TPSA) is 37.3 Å². The van der Waals surface area contributed by atoms with Crippen LogP contribution < -0.4 is 0 Å². The number of rotatable bonds is 5. The van der Waals surface area contributed by atoms with Crippen LogP contribution in [0.1, 0.15) is 25.8 Å². The predicted octanol–water partition coefficient (Wildman–Crippen LogP) is 3.02.